The number of carbonyl (C=O) groups excluding carboxylic acids is 2. The summed E-state index contributed by atoms with van der Waals surface area (Å²) in [5.74, 6) is 1.05. The van der Waals surface area contributed by atoms with Gasteiger partial charge in [-0.2, -0.15) is 0 Å². The summed E-state index contributed by atoms with van der Waals surface area (Å²) in [6.07, 6.45) is 6.41. The molecule has 6 heteroatoms. The van der Waals surface area contributed by atoms with E-state index in [1.54, 1.807) is 36.4 Å². The van der Waals surface area contributed by atoms with Crippen LogP contribution in [0, 0.1) is 0 Å². The van der Waals surface area contributed by atoms with Crippen molar-refractivity contribution in [2.24, 2.45) is 0 Å². The second-order valence-electron chi connectivity index (χ2n) is 8.45. The molecule has 0 aliphatic rings. The maximum Gasteiger partial charge on any atom is 0.343 e. The highest BCUT2D eigenvalue weighted by Gasteiger charge is 2.09. The molecule has 194 valence electrons. The number of ether oxygens (including phenoxy) is 4. The zero-order chi connectivity index (χ0) is 26.3. The highest BCUT2D eigenvalue weighted by molar-refractivity contribution is 5.91. The van der Waals surface area contributed by atoms with Crippen molar-refractivity contribution in [3.8, 4) is 28.4 Å². The first kappa shape index (κ1) is 27.5. The SMILES string of the molecule is C=CC(=O)OCCCOc1ccc(C(=O)Oc2ccc(-c3ccc(OCCCCCC)cc3)cc2)cc1. The molecule has 0 heterocycles. The number of hydrogen-bond acceptors (Lipinski definition) is 6. The molecule has 0 fully saturated rings. The third kappa shape index (κ3) is 9.49. The van der Waals surface area contributed by atoms with E-state index < -0.39 is 11.9 Å². The van der Waals surface area contributed by atoms with E-state index in [1.807, 2.05) is 36.4 Å². The van der Waals surface area contributed by atoms with Gasteiger partial charge in [0.05, 0.1) is 25.4 Å². The molecule has 0 atom stereocenters. The summed E-state index contributed by atoms with van der Waals surface area (Å²) in [5.41, 5.74) is 2.50. The molecule has 0 aliphatic heterocycles. The van der Waals surface area contributed by atoms with Crippen LogP contribution < -0.4 is 14.2 Å². The molecule has 0 amide bonds. The van der Waals surface area contributed by atoms with E-state index in [1.165, 1.54) is 19.3 Å². The molecular formula is C31H34O6. The standard InChI is InChI=1S/C31H34O6/c1-3-5-6-7-21-34-27-15-9-24(10-16-27)25-11-19-29(20-12-25)37-31(33)26-13-17-28(18-14-26)35-22-8-23-36-30(32)4-2/h4,9-20H,2-3,5-8,21-23H2,1H3. The van der Waals surface area contributed by atoms with E-state index in [0.29, 0.717) is 30.1 Å². The molecule has 3 aromatic carbocycles. The van der Waals surface area contributed by atoms with Gasteiger partial charge in [0.1, 0.15) is 17.2 Å². The van der Waals surface area contributed by atoms with Gasteiger partial charge in [0.15, 0.2) is 0 Å². The van der Waals surface area contributed by atoms with E-state index >= 15 is 0 Å². The molecule has 0 saturated carbocycles. The molecule has 3 rings (SSSR count). The molecule has 37 heavy (non-hydrogen) atoms. The van der Waals surface area contributed by atoms with Gasteiger partial charge in [0.2, 0.25) is 0 Å². The van der Waals surface area contributed by atoms with Gasteiger partial charge in [-0.3, -0.25) is 0 Å². The normalized spacial score (nSPS) is 10.4. The third-order valence-corrected chi connectivity index (χ3v) is 5.58. The van der Waals surface area contributed by atoms with Crippen molar-refractivity contribution in [3.63, 3.8) is 0 Å². The van der Waals surface area contributed by atoms with Crippen molar-refractivity contribution < 1.29 is 28.5 Å². The Morgan fingerprint density at radius 3 is 1.78 bits per heavy atom. The molecule has 0 bridgehead atoms. The van der Waals surface area contributed by atoms with Gasteiger partial charge in [-0.05, 0) is 66.1 Å². The van der Waals surface area contributed by atoms with Crippen LogP contribution >= 0.6 is 0 Å². The van der Waals surface area contributed by atoms with Crippen LogP contribution in [-0.4, -0.2) is 31.8 Å². The van der Waals surface area contributed by atoms with E-state index in [2.05, 4.69) is 13.5 Å². The molecule has 0 aliphatic carbocycles. The lowest BCUT2D eigenvalue weighted by molar-refractivity contribution is -0.137. The van der Waals surface area contributed by atoms with Crippen molar-refractivity contribution >= 4 is 11.9 Å². The molecule has 0 spiro atoms. The van der Waals surface area contributed by atoms with Crippen LogP contribution in [0.1, 0.15) is 49.4 Å². The minimum Gasteiger partial charge on any atom is -0.494 e. The van der Waals surface area contributed by atoms with E-state index in [-0.39, 0.29) is 6.61 Å². The molecule has 3 aromatic rings. The van der Waals surface area contributed by atoms with Gasteiger partial charge in [0.25, 0.3) is 0 Å². The lowest BCUT2D eigenvalue weighted by Crippen LogP contribution is -2.09. The molecule has 6 nitrogen and oxygen atoms in total. The highest BCUT2D eigenvalue weighted by Crippen LogP contribution is 2.25. The van der Waals surface area contributed by atoms with Gasteiger partial charge in [-0.25, -0.2) is 9.59 Å². The molecule has 0 unspecified atom stereocenters. The topological polar surface area (TPSA) is 71.1 Å². The average Bonchev–Trinajstić information content (AvgIpc) is 2.93. The van der Waals surface area contributed by atoms with Crippen molar-refractivity contribution in [2.45, 2.75) is 39.0 Å². The van der Waals surface area contributed by atoms with Gasteiger partial charge in [-0.15, -0.1) is 0 Å². The minimum absolute atomic E-state index is 0.257. The Hall–Kier alpha value is -4.06. The summed E-state index contributed by atoms with van der Waals surface area (Å²) in [4.78, 5) is 23.5. The van der Waals surface area contributed by atoms with Crippen molar-refractivity contribution in [1.82, 2.24) is 0 Å². The second-order valence-corrected chi connectivity index (χ2v) is 8.45. The number of carbonyl (C=O) groups is 2. The zero-order valence-corrected chi connectivity index (χ0v) is 21.3. The maximum absolute atomic E-state index is 12.5. The van der Waals surface area contributed by atoms with Crippen LogP contribution in [0.5, 0.6) is 17.2 Å². The van der Waals surface area contributed by atoms with Crippen molar-refractivity contribution in [2.75, 3.05) is 19.8 Å². The summed E-state index contributed by atoms with van der Waals surface area (Å²) in [7, 11) is 0. The van der Waals surface area contributed by atoms with Gasteiger partial charge >= 0.3 is 11.9 Å². The summed E-state index contributed by atoms with van der Waals surface area (Å²) < 4.78 is 21.8. The largest absolute Gasteiger partial charge is 0.494 e. The van der Waals surface area contributed by atoms with E-state index in [9.17, 15) is 9.59 Å². The summed E-state index contributed by atoms with van der Waals surface area (Å²) in [6.45, 7) is 6.92. The quantitative estimate of drug-likeness (QED) is 0.0962. The third-order valence-electron chi connectivity index (χ3n) is 5.58. The fraction of sp³-hybridized carbons (Fsp3) is 0.290. The fourth-order valence-electron chi connectivity index (χ4n) is 3.51. The van der Waals surface area contributed by atoms with Crippen LogP contribution in [0.25, 0.3) is 11.1 Å². The number of hydrogen-bond donors (Lipinski definition) is 0. The Morgan fingerprint density at radius 2 is 1.22 bits per heavy atom. The van der Waals surface area contributed by atoms with E-state index in [4.69, 9.17) is 18.9 Å². The second kappa shape index (κ2) is 15.1. The highest BCUT2D eigenvalue weighted by atomic mass is 16.5. The smallest absolute Gasteiger partial charge is 0.343 e. The predicted octanol–water partition coefficient (Wildman–Crippen LogP) is 7.03. The minimum atomic E-state index is -0.454. The summed E-state index contributed by atoms with van der Waals surface area (Å²) in [6, 6.07) is 22.1. The first-order valence-electron chi connectivity index (χ1n) is 12.7. The number of rotatable bonds is 15. The van der Waals surface area contributed by atoms with Crippen molar-refractivity contribution in [3.05, 3.63) is 91.0 Å². The van der Waals surface area contributed by atoms with Crippen molar-refractivity contribution in [1.29, 1.82) is 0 Å². The Morgan fingerprint density at radius 1 is 0.676 bits per heavy atom. The Bertz CT molecular complexity index is 1120. The van der Waals surface area contributed by atoms with Gasteiger partial charge in [0, 0.05) is 12.5 Å². The number of esters is 2. The lowest BCUT2D eigenvalue weighted by atomic mass is 10.1. The predicted molar refractivity (Wildman–Crippen MR) is 144 cm³/mol. The first-order valence-corrected chi connectivity index (χ1v) is 12.7. The Balaban J connectivity index is 1.44. The number of benzene rings is 3. The van der Waals surface area contributed by atoms with Crippen LogP contribution in [0.15, 0.2) is 85.5 Å². The lowest BCUT2D eigenvalue weighted by Gasteiger charge is -2.09. The number of unbranched alkanes of at least 4 members (excludes halogenated alkanes) is 3. The summed E-state index contributed by atoms with van der Waals surface area (Å²) >= 11 is 0. The molecular weight excluding hydrogens is 468 g/mol. The first-order chi connectivity index (χ1) is 18.1. The summed E-state index contributed by atoms with van der Waals surface area (Å²) in [5, 5.41) is 0. The Kier molecular flexibility index (Phi) is 11.3. The molecule has 0 N–H and O–H groups in total. The molecule has 0 saturated heterocycles. The van der Waals surface area contributed by atoms with Crippen LogP contribution in [0.2, 0.25) is 0 Å². The fourth-order valence-corrected chi connectivity index (χ4v) is 3.51. The van der Waals surface area contributed by atoms with Crippen LogP contribution in [0.4, 0.5) is 0 Å². The Labute approximate surface area is 218 Å². The average molecular weight is 503 g/mol. The maximum atomic E-state index is 12.5. The molecule has 0 aromatic heterocycles. The van der Waals surface area contributed by atoms with E-state index in [0.717, 1.165) is 36.0 Å². The molecule has 0 radical (unpaired) electrons. The zero-order valence-electron chi connectivity index (χ0n) is 21.3. The van der Waals surface area contributed by atoms with Crippen LogP contribution in [-0.2, 0) is 9.53 Å². The van der Waals surface area contributed by atoms with Gasteiger partial charge < -0.3 is 18.9 Å². The van der Waals surface area contributed by atoms with Gasteiger partial charge in [-0.1, -0.05) is 57.0 Å². The van der Waals surface area contributed by atoms with Crippen LogP contribution in [0.3, 0.4) is 0 Å². The monoisotopic (exact) mass is 502 g/mol.